The maximum absolute atomic E-state index is 12.6. The molecule has 1 N–H and O–H groups in total. The van der Waals surface area contributed by atoms with E-state index in [9.17, 15) is 35.9 Å². The summed E-state index contributed by atoms with van der Waals surface area (Å²) in [6.45, 7) is 1.17. The first kappa shape index (κ1) is 24.3. The molecule has 13 heteroatoms. The molecule has 1 aromatic carbocycles. The normalized spacial score (nSPS) is 15.3. The summed E-state index contributed by atoms with van der Waals surface area (Å²) in [4.78, 5) is 31.4. The SMILES string of the molecule is O=C(CN1CCN(C(=O)c2ccc(C(F)(F)F)cn2)CC1)Nc1ccc(OC(F)(F)F)cc1. The standard InChI is InChI=1S/C20H18F6N4O3/c21-19(22,23)13-1-6-16(27-11-13)18(32)30-9-7-29(8-10-30)12-17(31)28-14-2-4-15(5-3-14)33-20(24,25)26/h1-6,11H,7-10,12H2,(H,28,31). The van der Waals surface area contributed by atoms with Crippen LogP contribution in [0.4, 0.5) is 32.0 Å². The second-order valence-corrected chi connectivity index (χ2v) is 7.12. The summed E-state index contributed by atoms with van der Waals surface area (Å²) in [6, 6.07) is 6.50. The van der Waals surface area contributed by atoms with E-state index in [1.54, 1.807) is 4.90 Å². The number of anilines is 1. The molecule has 2 amide bonds. The minimum atomic E-state index is -4.81. The zero-order valence-corrected chi connectivity index (χ0v) is 16.9. The number of carbonyl (C=O) groups is 2. The third-order valence-corrected chi connectivity index (χ3v) is 4.71. The molecule has 2 heterocycles. The lowest BCUT2D eigenvalue weighted by Crippen LogP contribution is -2.50. The van der Waals surface area contributed by atoms with Crippen molar-refractivity contribution in [2.45, 2.75) is 12.5 Å². The molecule has 0 saturated carbocycles. The lowest BCUT2D eigenvalue weighted by atomic mass is 10.2. The first-order chi connectivity index (χ1) is 15.4. The third-order valence-electron chi connectivity index (χ3n) is 4.71. The Morgan fingerprint density at radius 3 is 2.09 bits per heavy atom. The number of hydrogen-bond donors (Lipinski definition) is 1. The van der Waals surface area contributed by atoms with Crippen molar-refractivity contribution >= 4 is 17.5 Å². The fourth-order valence-electron chi connectivity index (χ4n) is 3.10. The maximum Gasteiger partial charge on any atom is 0.573 e. The molecule has 0 atom stereocenters. The van der Waals surface area contributed by atoms with E-state index in [1.165, 1.54) is 17.0 Å². The summed E-state index contributed by atoms with van der Waals surface area (Å²) < 4.78 is 78.1. The van der Waals surface area contributed by atoms with Gasteiger partial charge < -0.3 is 15.0 Å². The number of rotatable bonds is 5. The molecule has 33 heavy (non-hydrogen) atoms. The minimum Gasteiger partial charge on any atom is -0.406 e. The van der Waals surface area contributed by atoms with Gasteiger partial charge in [0.25, 0.3) is 5.91 Å². The summed E-state index contributed by atoms with van der Waals surface area (Å²) in [7, 11) is 0. The average Bonchev–Trinajstić information content (AvgIpc) is 2.73. The first-order valence-electron chi connectivity index (χ1n) is 9.61. The van der Waals surface area contributed by atoms with E-state index in [-0.39, 0.29) is 31.0 Å². The van der Waals surface area contributed by atoms with Gasteiger partial charge in [-0.3, -0.25) is 19.5 Å². The fraction of sp³-hybridized carbons (Fsp3) is 0.350. The molecule has 0 unspecified atom stereocenters. The van der Waals surface area contributed by atoms with E-state index in [2.05, 4.69) is 15.0 Å². The van der Waals surface area contributed by atoms with E-state index in [1.807, 2.05) is 0 Å². The largest absolute Gasteiger partial charge is 0.573 e. The molecule has 1 aromatic heterocycles. The third kappa shape index (κ3) is 7.07. The molecular formula is C20H18F6N4O3. The van der Waals surface area contributed by atoms with Gasteiger partial charge in [-0.05, 0) is 36.4 Å². The number of piperazine rings is 1. The van der Waals surface area contributed by atoms with Gasteiger partial charge >= 0.3 is 12.5 Å². The Hall–Kier alpha value is -3.35. The summed E-state index contributed by atoms with van der Waals surface area (Å²) in [5, 5.41) is 2.56. The van der Waals surface area contributed by atoms with Gasteiger partial charge in [-0.1, -0.05) is 0 Å². The Kier molecular flexibility index (Phi) is 7.10. The lowest BCUT2D eigenvalue weighted by molar-refractivity contribution is -0.274. The molecular weight excluding hydrogens is 458 g/mol. The number of nitrogens with zero attached hydrogens (tertiary/aromatic N) is 3. The number of amides is 2. The van der Waals surface area contributed by atoms with Gasteiger partial charge in [0, 0.05) is 38.1 Å². The number of hydrogen-bond acceptors (Lipinski definition) is 5. The lowest BCUT2D eigenvalue weighted by Gasteiger charge is -2.34. The van der Waals surface area contributed by atoms with Crippen molar-refractivity contribution in [1.29, 1.82) is 0 Å². The molecule has 0 bridgehead atoms. The first-order valence-corrected chi connectivity index (χ1v) is 9.61. The Morgan fingerprint density at radius 2 is 1.58 bits per heavy atom. The fourth-order valence-corrected chi connectivity index (χ4v) is 3.10. The molecule has 0 aliphatic carbocycles. The van der Waals surface area contributed by atoms with Gasteiger partial charge in [0.15, 0.2) is 0 Å². The number of halogens is 6. The van der Waals surface area contributed by atoms with Crippen molar-refractivity contribution in [1.82, 2.24) is 14.8 Å². The van der Waals surface area contributed by atoms with Crippen LogP contribution in [0.3, 0.4) is 0 Å². The predicted octanol–water partition coefficient (Wildman–Crippen LogP) is 3.40. The highest BCUT2D eigenvalue weighted by molar-refractivity contribution is 5.93. The topological polar surface area (TPSA) is 74.8 Å². The van der Waals surface area contributed by atoms with Crippen LogP contribution in [0.15, 0.2) is 42.6 Å². The van der Waals surface area contributed by atoms with Crippen molar-refractivity contribution < 1.29 is 40.7 Å². The molecule has 1 saturated heterocycles. The van der Waals surface area contributed by atoms with Crippen LogP contribution in [0.2, 0.25) is 0 Å². The quantitative estimate of drug-likeness (QED) is 0.670. The summed E-state index contributed by atoms with van der Waals surface area (Å²) in [6.07, 6.45) is -8.74. The minimum absolute atomic E-state index is 0.0125. The number of benzene rings is 1. The van der Waals surface area contributed by atoms with Crippen molar-refractivity contribution in [3.8, 4) is 5.75 Å². The molecule has 0 radical (unpaired) electrons. The smallest absolute Gasteiger partial charge is 0.406 e. The summed E-state index contributed by atoms with van der Waals surface area (Å²) in [5.74, 6) is -1.32. The second kappa shape index (κ2) is 9.65. The highest BCUT2D eigenvalue weighted by atomic mass is 19.4. The van der Waals surface area contributed by atoms with E-state index >= 15 is 0 Å². The molecule has 3 rings (SSSR count). The van der Waals surface area contributed by atoms with Crippen LogP contribution in [0, 0.1) is 0 Å². The van der Waals surface area contributed by atoms with E-state index in [4.69, 9.17) is 0 Å². The van der Waals surface area contributed by atoms with Crippen LogP contribution in [0.25, 0.3) is 0 Å². The van der Waals surface area contributed by atoms with Crippen LogP contribution < -0.4 is 10.1 Å². The van der Waals surface area contributed by atoms with Crippen molar-refractivity contribution in [3.63, 3.8) is 0 Å². The highest BCUT2D eigenvalue weighted by Crippen LogP contribution is 2.28. The molecule has 7 nitrogen and oxygen atoms in total. The van der Waals surface area contributed by atoms with Crippen molar-refractivity contribution in [2.75, 3.05) is 38.0 Å². The number of nitrogens with one attached hydrogen (secondary N) is 1. The van der Waals surface area contributed by atoms with Crippen LogP contribution in [-0.2, 0) is 11.0 Å². The molecule has 1 fully saturated rings. The van der Waals surface area contributed by atoms with Crippen LogP contribution in [0.1, 0.15) is 16.1 Å². The molecule has 2 aromatic rings. The Bertz CT molecular complexity index is 969. The van der Waals surface area contributed by atoms with Gasteiger partial charge in [0.1, 0.15) is 11.4 Å². The monoisotopic (exact) mass is 476 g/mol. The Balaban J connectivity index is 1.46. The van der Waals surface area contributed by atoms with Crippen molar-refractivity contribution in [3.05, 3.63) is 53.9 Å². The maximum atomic E-state index is 12.6. The molecule has 0 spiro atoms. The van der Waals surface area contributed by atoms with Crippen molar-refractivity contribution in [2.24, 2.45) is 0 Å². The van der Waals surface area contributed by atoms with Crippen LogP contribution in [0.5, 0.6) is 5.75 Å². The number of pyridine rings is 1. The van der Waals surface area contributed by atoms with E-state index in [0.29, 0.717) is 19.3 Å². The van der Waals surface area contributed by atoms with Gasteiger partial charge in [0.05, 0.1) is 12.1 Å². The van der Waals surface area contributed by atoms with Gasteiger partial charge in [0.2, 0.25) is 5.91 Å². The number of ether oxygens (including phenoxy) is 1. The number of alkyl halides is 6. The zero-order chi connectivity index (χ0) is 24.2. The summed E-state index contributed by atoms with van der Waals surface area (Å²) >= 11 is 0. The Labute approximate surface area is 183 Å². The predicted molar refractivity (Wildman–Crippen MR) is 103 cm³/mol. The van der Waals surface area contributed by atoms with Gasteiger partial charge in [-0.15, -0.1) is 13.2 Å². The molecule has 178 valence electrons. The average molecular weight is 476 g/mol. The highest BCUT2D eigenvalue weighted by Gasteiger charge is 2.32. The second-order valence-electron chi connectivity index (χ2n) is 7.12. The van der Waals surface area contributed by atoms with Crippen LogP contribution in [-0.4, -0.2) is 65.7 Å². The van der Waals surface area contributed by atoms with E-state index in [0.717, 1.165) is 24.3 Å². The number of aromatic nitrogens is 1. The molecule has 1 aliphatic rings. The van der Waals surface area contributed by atoms with Gasteiger partial charge in [-0.2, -0.15) is 13.2 Å². The Morgan fingerprint density at radius 1 is 0.939 bits per heavy atom. The summed E-state index contributed by atoms with van der Waals surface area (Å²) in [5.41, 5.74) is -0.763. The molecule has 1 aliphatic heterocycles. The van der Waals surface area contributed by atoms with Crippen LogP contribution >= 0.6 is 0 Å². The van der Waals surface area contributed by atoms with E-state index < -0.39 is 35.7 Å². The zero-order valence-electron chi connectivity index (χ0n) is 16.9. The number of carbonyl (C=O) groups excluding carboxylic acids is 2. The van der Waals surface area contributed by atoms with Gasteiger partial charge in [-0.25, -0.2) is 0 Å².